The summed E-state index contributed by atoms with van der Waals surface area (Å²) in [6.07, 6.45) is 7.90. The lowest BCUT2D eigenvalue weighted by Gasteiger charge is -2.36. The molecule has 13 nitrogen and oxygen atoms in total. The van der Waals surface area contributed by atoms with Crippen LogP contribution in [0.4, 0.5) is 0 Å². The van der Waals surface area contributed by atoms with E-state index < -0.39 is 66.0 Å². The summed E-state index contributed by atoms with van der Waals surface area (Å²) in [7, 11) is 3.04. The van der Waals surface area contributed by atoms with E-state index in [4.69, 9.17) is 15.2 Å². The number of carbonyl (C=O) groups excluding carboxylic acids is 5. The Kier molecular flexibility index (Phi) is 17.7. The van der Waals surface area contributed by atoms with Gasteiger partial charge in [0, 0.05) is 20.7 Å². The van der Waals surface area contributed by atoms with Gasteiger partial charge >= 0.3 is 0 Å². The molecular weight excluding hydrogens is 604 g/mol. The second kappa shape index (κ2) is 20.6. The van der Waals surface area contributed by atoms with Gasteiger partial charge in [0.1, 0.15) is 30.4 Å². The fourth-order valence-electron chi connectivity index (χ4n) is 6.56. The Bertz CT molecular complexity index is 1020. The summed E-state index contributed by atoms with van der Waals surface area (Å²) in [6.45, 7) is 9.19. The Morgan fingerprint density at radius 1 is 0.872 bits per heavy atom. The first kappa shape index (κ1) is 40.4. The first-order chi connectivity index (χ1) is 22.3. The molecule has 0 unspecified atom stereocenters. The molecule has 2 rings (SSSR count). The van der Waals surface area contributed by atoms with Crippen molar-refractivity contribution in [2.24, 2.45) is 23.5 Å². The molecule has 2 fully saturated rings. The third-order valence-electron chi connectivity index (χ3n) is 9.36. The molecule has 270 valence electrons. The van der Waals surface area contributed by atoms with Crippen LogP contribution in [0, 0.1) is 17.8 Å². The minimum atomic E-state index is -1.16. The van der Waals surface area contributed by atoms with Crippen molar-refractivity contribution >= 4 is 29.5 Å². The van der Waals surface area contributed by atoms with E-state index in [1.54, 1.807) is 20.9 Å². The molecule has 1 aliphatic carbocycles. The molecule has 1 saturated heterocycles. The highest BCUT2D eigenvalue weighted by Gasteiger charge is 2.39. The molecule has 0 aromatic carbocycles. The van der Waals surface area contributed by atoms with Crippen LogP contribution in [0.25, 0.3) is 0 Å². The number of nitrogens with zero attached hydrogens (tertiary/aromatic N) is 1. The van der Waals surface area contributed by atoms with Gasteiger partial charge in [0.2, 0.25) is 29.5 Å². The standard InChI is InChI=1S/C34H62N6O7/c1-8-9-10-14-17-28-22(4)34(45)40(6)27(18-21(2)3)32(43)39-29(24-15-12-11-13-16-24)33(44)37-25(19-35)30(41)38-26(20-46-7)31(42)36-23(5)47-28/h21-29H,8-20,35H2,1-7H3,(H,36,42)(H,37,44)(H,38,41)(H,39,43)/t22-,23+,25+,26+,27+,28-,29+/m1/s1. The third kappa shape index (κ3) is 12.6. The number of methoxy groups -OCH3 is 1. The maximum atomic E-state index is 14.1. The quantitative estimate of drug-likeness (QED) is 0.208. The highest BCUT2D eigenvalue weighted by Crippen LogP contribution is 2.28. The van der Waals surface area contributed by atoms with Crippen molar-refractivity contribution in [2.45, 2.75) is 142 Å². The fourth-order valence-corrected chi connectivity index (χ4v) is 6.56. The lowest BCUT2D eigenvalue weighted by atomic mass is 9.83. The van der Waals surface area contributed by atoms with Crippen LogP contribution in [0.2, 0.25) is 0 Å². The highest BCUT2D eigenvalue weighted by atomic mass is 16.5. The Hall–Kier alpha value is -2.77. The summed E-state index contributed by atoms with van der Waals surface area (Å²) in [5.41, 5.74) is 5.94. The lowest BCUT2D eigenvalue weighted by molar-refractivity contribution is -0.150. The van der Waals surface area contributed by atoms with Crippen LogP contribution in [0.15, 0.2) is 0 Å². The maximum Gasteiger partial charge on any atom is 0.246 e. The lowest BCUT2D eigenvalue weighted by Crippen LogP contribution is -2.62. The number of hydrogen-bond acceptors (Lipinski definition) is 8. The van der Waals surface area contributed by atoms with Gasteiger partial charge in [-0.2, -0.15) is 0 Å². The SMILES string of the molecule is CCCCCC[C@H]1O[C@@H](C)NC(=O)[C@H](COC)NC(=O)[C@H](CN)NC(=O)[C@H](C2CCCCC2)NC(=O)[C@H](CC(C)C)N(C)C(=O)[C@@H]1C. The second-order valence-electron chi connectivity index (χ2n) is 13.8. The van der Waals surface area contributed by atoms with Gasteiger partial charge < -0.3 is 41.4 Å². The monoisotopic (exact) mass is 666 g/mol. The van der Waals surface area contributed by atoms with Crippen LogP contribution in [0.5, 0.6) is 0 Å². The number of hydrogen-bond donors (Lipinski definition) is 5. The maximum absolute atomic E-state index is 14.1. The molecule has 6 N–H and O–H groups in total. The second-order valence-corrected chi connectivity index (χ2v) is 13.8. The van der Waals surface area contributed by atoms with E-state index in [1.165, 1.54) is 12.0 Å². The van der Waals surface area contributed by atoms with E-state index in [1.807, 2.05) is 13.8 Å². The van der Waals surface area contributed by atoms with Crippen molar-refractivity contribution in [1.82, 2.24) is 26.2 Å². The topological polar surface area (TPSA) is 181 Å². The molecule has 1 saturated carbocycles. The van der Waals surface area contributed by atoms with Gasteiger partial charge in [-0.25, -0.2) is 0 Å². The zero-order chi connectivity index (χ0) is 35.1. The first-order valence-corrected chi connectivity index (χ1v) is 17.7. The van der Waals surface area contributed by atoms with Gasteiger partial charge in [0.15, 0.2) is 0 Å². The Labute approximate surface area is 281 Å². The number of amides is 5. The molecule has 2 aliphatic rings. The molecule has 13 heteroatoms. The molecule has 7 atom stereocenters. The summed E-state index contributed by atoms with van der Waals surface area (Å²) in [5, 5.41) is 11.2. The van der Waals surface area contributed by atoms with E-state index >= 15 is 0 Å². The summed E-state index contributed by atoms with van der Waals surface area (Å²) in [6, 6.07) is -4.01. The predicted octanol–water partition coefficient (Wildman–Crippen LogP) is 1.97. The minimum Gasteiger partial charge on any atom is -0.382 e. The van der Waals surface area contributed by atoms with Crippen LogP contribution in [-0.2, 0) is 33.4 Å². The van der Waals surface area contributed by atoms with Crippen molar-refractivity contribution in [2.75, 3.05) is 27.3 Å². The Balaban J connectivity index is 2.55. The largest absolute Gasteiger partial charge is 0.382 e. The first-order valence-electron chi connectivity index (χ1n) is 17.7. The van der Waals surface area contributed by atoms with Crippen LogP contribution < -0.4 is 27.0 Å². The van der Waals surface area contributed by atoms with Gasteiger partial charge in [-0.05, 0) is 44.4 Å². The molecule has 1 heterocycles. The average molecular weight is 667 g/mol. The number of ether oxygens (including phenoxy) is 2. The van der Waals surface area contributed by atoms with Gasteiger partial charge in [-0.1, -0.05) is 72.6 Å². The van der Waals surface area contributed by atoms with Crippen molar-refractivity contribution in [3.8, 4) is 0 Å². The van der Waals surface area contributed by atoms with Crippen LogP contribution >= 0.6 is 0 Å². The smallest absolute Gasteiger partial charge is 0.246 e. The summed E-state index contributed by atoms with van der Waals surface area (Å²) >= 11 is 0. The molecule has 0 bridgehead atoms. The van der Waals surface area contributed by atoms with Crippen LogP contribution in [0.3, 0.4) is 0 Å². The number of nitrogens with two attached hydrogens (primary N) is 1. The normalized spacial score (nSPS) is 29.9. The Morgan fingerprint density at radius 2 is 1.51 bits per heavy atom. The molecular formula is C34H62N6O7. The molecule has 0 aromatic heterocycles. The number of unbranched alkanes of at least 4 members (excludes halogenated alkanes) is 3. The third-order valence-corrected chi connectivity index (χ3v) is 9.36. The average Bonchev–Trinajstić information content (AvgIpc) is 3.04. The van der Waals surface area contributed by atoms with E-state index in [-0.39, 0.29) is 30.9 Å². The van der Waals surface area contributed by atoms with Crippen LogP contribution in [0.1, 0.15) is 105 Å². The van der Waals surface area contributed by atoms with Gasteiger partial charge in [0.25, 0.3) is 0 Å². The fraction of sp³-hybridized carbons (Fsp3) is 0.853. The number of nitrogens with one attached hydrogen (secondary N) is 4. The molecule has 47 heavy (non-hydrogen) atoms. The minimum absolute atomic E-state index is 0.0813. The van der Waals surface area contributed by atoms with Gasteiger partial charge in [-0.3, -0.25) is 24.0 Å². The van der Waals surface area contributed by atoms with Crippen LogP contribution in [-0.4, -0.2) is 98.2 Å². The molecule has 0 radical (unpaired) electrons. The summed E-state index contributed by atoms with van der Waals surface area (Å²) in [5.74, 6) is -3.07. The van der Waals surface area contributed by atoms with Crippen molar-refractivity contribution in [1.29, 1.82) is 0 Å². The van der Waals surface area contributed by atoms with E-state index in [0.717, 1.165) is 57.8 Å². The summed E-state index contributed by atoms with van der Waals surface area (Å²) in [4.78, 5) is 70.1. The van der Waals surface area contributed by atoms with Crippen molar-refractivity contribution < 1.29 is 33.4 Å². The predicted molar refractivity (Wildman–Crippen MR) is 180 cm³/mol. The van der Waals surface area contributed by atoms with Crippen molar-refractivity contribution in [3.63, 3.8) is 0 Å². The molecule has 0 aromatic rings. The molecule has 0 spiro atoms. The van der Waals surface area contributed by atoms with E-state index in [2.05, 4.69) is 28.2 Å². The zero-order valence-corrected chi connectivity index (χ0v) is 29.8. The number of carbonyl (C=O) groups is 5. The molecule has 5 amide bonds. The van der Waals surface area contributed by atoms with E-state index in [0.29, 0.717) is 12.8 Å². The van der Waals surface area contributed by atoms with Gasteiger partial charge in [0.05, 0.1) is 18.6 Å². The molecule has 1 aliphatic heterocycles. The zero-order valence-electron chi connectivity index (χ0n) is 29.8. The Morgan fingerprint density at radius 3 is 2.11 bits per heavy atom. The number of likely N-dealkylation sites (N-methyl/N-ethyl adjacent to an activating group) is 1. The van der Waals surface area contributed by atoms with Crippen molar-refractivity contribution in [3.05, 3.63) is 0 Å². The van der Waals surface area contributed by atoms with E-state index in [9.17, 15) is 24.0 Å². The highest BCUT2D eigenvalue weighted by molar-refractivity contribution is 5.96. The number of rotatable bonds is 11. The van der Waals surface area contributed by atoms with Gasteiger partial charge in [-0.15, -0.1) is 0 Å². The summed E-state index contributed by atoms with van der Waals surface area (Å²) < 4.78 is 11.5.